The van der Waals surface area contributed by atoms with E-state index in [1.165, 1.54) is 0 Å². The average Bonchev–Trinajstić information content (AvgIpc) is 2.45. The number of piperidine rings is 2. The zero-order valence-corrected chi connectivity index (χ0v) is 13.0. The minimum Gasteiger partial charge on any atom is -0.396 e. The number of rotatable bonds is 4. The fraction of sp³-hybridized carbons (Fsp3) is 1.00. The molecule has 0 aromatic carbocycles. The molecule has 0 aromatic heterocycles. The van der Waals surface area contributed by atoms with Crippen LogP contribution in [0.1, 0.15) is 20.3 Å². The molecule has 2 aliphatic heterocycles. The summed E-state index contributed by atoms with van der Waals surface area (Å²) in [7, 11) is 0. The first-order chi connectivity index (χ1) is 9.88. The van der Waals surface area contributed by atoms with Crippen molar-refractivity contribution in [3.63, 3.8) is 0 Å². The van der Waals surface area contributed by atoms with Crippen LogP contribution in [-0.4, -0.2) is 71.0 Å². The van der Waals surface area contributed by atoms with Crippen LogP contribution >= 0.6 is 0 Å². The Bertz CT molecular complexity index is 334. The normalized spacial score (nSPS) is 42.0. The van der Waals surface area contributed by atoms with E-state index in [4.69, 9.17) is 0 Å². The third kappa shape index (κ3) is 3.75. The fourth-order valence-electron chi connectivity index (χ4n) is 3.91. The molecule has 0 saturated carbocycles. The summed E-state index contributed by atoms with van der Waals surface area (Å²) >= 11 is 0. The van der Waals surface area contributed by atoms with Crippen molar-refractivity contribution >= 4 is 0 Å². The molecular weight excluding hydrogens is 272 g/mol. The van der Waals surface area contributed by atoms with E-state index in [9.17, 15) is 20.4 Å². The van der Waals surface area contributed by atoms with Crippen molar-refractivity contribution in [2.75, 3.05) is 32.8 Å². The zero-order valence-electron chi connectivity index (χ0n) is 13.0. The fourth-order valence-corrected chi connectivity index (χ4v) is 3.91. The van der Waals surface area contributed by atoms with Crippen molar-refractivity contribution in [3.05, 3.63) is 0 Å². The second-order valence-corrected chi connectivity index (χ2v) is 7.23. The van der Waals surface area contributed by atoms with Crippen LogP contribution < -0.4 is 10.6 Å². The number of hydrogen-bond donors (Lipinski definition) is 6. The van der Waals surface area contributed by atoms with Gasteiger partial charge in [-0.2, -0.15) is 0 Å². The molecule has 2 fully saturated rings. The molecule has 21 heavy (non-hydrogen) atoms. The molecule has 2 heterocycles. The smallest absolute Gasteiger partial charge is 0.0663 e. The lowest BCUT2D eigenvalue weighted by Gasteiger charge is -2.48. The van der Waals surface area contributed by atoms with Gasteiger partial charge in [-0.3, -0.25) is 0 Å². The summed E-state index contributed by atoms with van der Waals surface area (Å²) in [5.41, 5.74) is -0.942. The minimum absolute atomic E-state index is 0.00505. The summed E-state index contributed by atoms with van der Waals surface area (Å²) in [5, 5.41) is 46.5. The van der Waals surface area contributed by atoms with Crippen LogP contribution in [0.4, 0.5) is 0 Å². The first kappa shape index (κ1) is 17.1. The van der Waals surface area contributed by atoms with Gasteiger partial charge in [0.2, 0.25) is 0 Å². The second-order valence-electron chi connectivity index (χ2n) is 7.23. The quantitative estimate of drug-likeness (QED) is 0.379. The third-order valence-corrected chi connectivity index (χ3v) is 5.24. The van der Waals surface area contributed by atoms with Gasteiger partial charge in [0, 0.05) is 50.7 Å². The first-order valence-corrected chi connectivity index (χ1v) is 7.94. The summed E-state index contributed by atoms with van der Waals surface area (Å²) in [4.78, 5) is 0. The number of aliphatic hydroxyl groups is 4. The number of nitrogens with one attached hydrogen (secondary N) is 2. The van der Waals surface area contributed by atoms with Gasteiger partial charge in [-0.25, -0.2) is 0 Å². The molecule has 6 N–H and O–H groups in total. The molecule has 6 atom stereocenters. The second kappa shape index (κ2) is 6.89. The minimum atomic E-state index is -0.942. The van der Waals surface area contributed by atoms with Crippen molar-refractivity contribution in [3.8, 4) is 0 Å². The van der Waals surface area contributed by atoms with Crippen LogP contribution in [0, 0.1) is 23.7 Å². The SMILES string of the molecule is CC(C)(O)[C@@H]1CNCC(C2NC[C@H](CO)C[C@@H]2CO)[C@H]1O. The molecule has 0 amide bonds. The van der Waals surface area contributed by atoms with Crippen LogP contribution in [0.5, 0.6) is 0 Å². The summed E-state index contributed by atoms with van der Waals surface area (Å²) in [6, 6.07) is 0.00505. The Morgan fingerprint density at radius 1 is 1.10 bits per heavy atom. The van der Waals surface area contributed by atoms with Gasteiger partial charge in [0.05, 0.1) is 11.7 Å². The van der Waals surface area contributed by atoms with E-state index < -0.39 is 11.7 Å². The van der Waals surface area contributed by atoms with E-state index in [0.717, 1.165) is 6.42 Å². The Morgan fingerprint density at radius 3 is 2.38 bits per heavy atom. The van der Waals surface area contributed by atoms with Gasteiger partial charge in [0.25, 0.3) is 0 Å². The Morgan fingerprint density at radius 2 is 1.81 bits per heavy atom. The predicted octanol–water partition coefficient (Wildman–Crippen LogP) is -1.47. The Balaban J connectivity index is 2.09. The highest BCUT2D eigenvalue weighted by Crippen LogP contribution is 2.33. The van der Waals surface area contributed by atoms with Crippen LogP contribution in [0.15, 0.2) is 0 Å². The molecule has 0 aromatic rings. The molecule has 2 unspecified atom stereocenters. The molecule has 0 bridgehead atoms. The highest BCUT2D eigenvalue weighted by atomic mass is 16.3. The number of aliphatic hydroxyl groups excluding tert-OH is 3. The largest absolute Gasteiger partial charge is 0.396 e. The predicted molar refractivity (Wildman–Crippen MR) is 79.7 cm³/mol. The molecule has 0 aliphatic carbocycles. The topological polar surface area (TPSA) is 105 Å². The molecule has 124 valence electrons. The lowest BCUT2D eigenvalue weighted by molar-refractivity contribution is -0.0947. The monoisotopic (exact) mass is 302 g/mol. The van der Waals surface area contributed by atoms with Gasteiger partial charge in [-0.05, 0) is 32.1 Å². The van der Waals surface area contributed by atoms with Gasteiger partial charge >= 0.3 is 0 Å². The van der Waals surface area contributed by atoms with E-state index in [0.29, 0.717) is 19.6 Å². The summed E-state index contributed by atoms with van der Waals surface area (Å²) in [6.07, 6.45) is 0.157. The van der Waals surface area contributed by atoms with Crippen molar-refractivity contribution < 1.29 is 20.4 Å². The van der Waals surface area contributed by atoms with Gasteiger partial charge < -0.3 is 31.1 Å². The summed E-state index contributed by atoms with van der Waals surface area (Å²) in [6.45, 7) is 5.59. The molecule has 2 rings (SSSR count). The summed E-state index contributed by atoms with van der Waals surface area (Å²) < 4.78 is 0. The van der Waals surface area contributed by atoms with E-state index in [2.05, 4.69) is 10.6 Å². The van der Waals surface area contributed by atoms with Crippen molar-refractivity contribution in [1.82, 2.24) is 10.6 Å². The average molecular weight is 302 g/mol. The van der Waals surface area contributed by atoms with Crippen LogP contribution in [0.2, 0.25) is 0 Å². The van der Waals surface area contributed by atoms with Gasteiger partial charge in [-0.1, -0.05) is 0 Å². The Labute approximate surface area is 126 Å². The zero-order chi connectivity index (χ0) is 15.6. The van der Waals surface area contributed by atoms with Gasteiger partial charge in [0.15, 0.2) is 0 Å². The van der Waals surface area contributed by atoms with Crippen LogP contribution in [0.25, 0.3) is 0 Å². The lowest BCUT2D eigenvalue weighted by Crippen LogP contribution is -2.63. The lowest BCUT2D eigenvalue weighted by atomic mass is 9.70. The van der Waals surface area contributed by atoms with Crippen molar-refractivity contribution in [2.45, 2.75) is 38.0 Å². The Hall–Kier alpha value is -0.240. The first-order valence-electron chi connectivity index (χ1n) is 7.94. The van der Waals surface area contributed by atoms with E-state index in [1.807, 2.05) is 0 Å². The maximum atomic E-state index is 10.7. The van der Waals surface area contributed by atoms with Crippen LogP contribution in [0.3, 0.4) is 0 Å². The van der Waals surface area contributed by atoms with E-state index >= 15 is 0 Å². The molecule has 0 spiro atoms. The van der Waals surface area contributed by atoms with Crippen molar-refractivity contribution in [2.24, 2.45) is 23.7 Å². The van der Waals surface area contributed by atoms with Gasteiger partial charge in [0.1, 0.15) is 0 Å². The maximum Gasteiger partial charge on any atom is 0.0663 e. The molecule has 2 aliphatic rings. The van der Waals surface area contributed by atoms with Crippen LogP contribution in [-0.2, 0) is 0 Å². The van der Waals surface area contributed by atoms with Crippen molar-refractivity contribution in [1.29, 1.82) is 0 Å². The molecule has 6 nitrogen and oxygen atoms in total. The Kier molecular flexibility index (Phi) is 5.62. The molecule has 0 radical (unpaired) electrons. The standard InChI is InChI=1S/C15H30N2O4/c1-15(2,21)12-6-16-5-11(14(12)20)13-10(8-19)3-9(7-18)4-17-13/h9-14,16-21H,3-8H2,1-2H3/t9-,10-,11?,12-,13?,14-/m1/s1. The third-order valence-electron chi connectivity index (χ3n) is 5.24. The van der Waals surface area contributed by atoms with E-state index in [1.54, 1.807) is 13.8 Å². The molecule has 2 saturated heterocycles. The van der Waals surface area contributed by atoms with E-state index in [-0.39, 0.29) is 42.9 Å². The van der Waals surface area contributed by atoms with Gasteiger partial charge in [-0.15, -0.1) is 0 Å². The highest BCUT2D eigenvalue weighted by molar-refractivity contribution is 5.00. The number of hydrogen-bond acceptors (Lipinski definition) is 6. The highest BCUT2D eigenvalue weighted by Gasteiger charge is 2.45. The molecular formula is C15H30N2O4. The summed E-state index contributed by atoms with van der Waals surface area (Å²) in [5.74, 6) is -0.0880. The molecule has 6 heteroatoms. The maximum absolute atomic E-state index is 10.7.